The van der Waals surface area contributed by atoms with Crippen LogP contribution in [0.2, 0.25) is 0 Å². The van der Waals surface area contributed by atoms with E-state index in [1.165, 1.54) is 4.90 Å². The first-order valence-electron chi connectivity index (χ1n) is 4.97. The van der Waals surface area contributed by atoms with Crippen molar-refractivity contribution in [2.45, 2.75) is 44.9 Å². The number of hydrogen-bond donors (Lipinski definition) is 1. The van der Waals surface area contributed by atoms with E-state index >= 15 is 0 Å². The normalized spacial score (nSPS) is 26.2. The van der Waals surface area contributed by atoms with Crippen molar-refractivity contribution in [1.29, 1.82) is 0 Å². The van der Waals surface area contributed by atoms with Crippen LogP contribution in [-0.2, 0) is 4.74 Å². The molecule has 0 aromatic carbocycles. The molecular formula is C11H17NO3. The quantitative estimate of drug-likeness (QED) is 0.608. The van der Waals surface area contributed by atoms with Crippen LogP contribution in [0.15, 0.2) is 0 Å². The number of rotatable bonds is 0. The van der Waals surface area contributed by atoms with Crippen molar-refractivity contribution < 1.29 is 14.6 Å². The highest BCUT2D eigenvalue weighted by molar-refractivity contribution is 5.69. The molecule has 1 aliphatic heterocycles. The molecule has 4 nitrogen and oxygen atoms in total. The number of carbonyl (C=O) groups excluding carboxylic acids is 1. The molecule has 2 atom stereocenters. The van der Waals surface area contributed by atoms with Crippen molar-refractivity contribution in [1.82, 2.24) is 4.90 Å². The average Bonchev–Trinajstić information content (AvgIpc) is 2.43. The first-order valence-corrected chi connectivity index (χ1v) is 4.97. The summed E-state index contributed by atoms with van der Waals surface area (Å²) in [6.45, 7) is 5.64. The van der Waals surface area contributed by atoms with Crippen molar-refractivity contribution in [3.05, 3.63) is 0 Å². The third-order valence-electron chi connectivity index (χ3n) is 2.10. The second-order valence-corrected chi connectivity index (χ2v) is 4.70. The van der Waals surface area contributed by atoms with Gasteiger partial charge in [0.1, 0.15) is 5.60 Å². The molecule has 1 rings (SSSR count). The van der Waals surface area contributed by atoms with Crippen LogP contribution in [0.4, 0.5) is 4.79 Å². The molecule has 1 saturated heterocycles. The van der Waals surface area contributed by atoms with E-state index in [9.17, 15) is 9.90 Å². The third kappa shape index (κ3) is 3.14. The summed E-state index contributed by atoms with van der Waals surface area (Å²) in [5, 5.41) is 9.40. The Balaban J connectivity index is 2.64. The first-order chi connectivity index (χ1) is 6.83. The number of likely N-dealkylation sites (tertiary alicyclic amines) is 1. The van der Waals surface area contributed by atoms with Crippen molar-refractivity contribution in [3.8, 4) is 12.3 Å². The Morgan fingerprint density at radius 2 is 2.20 bits per heavy atom. The standard InChI is InChI=1S/C11H17NO3/c1-5-8-6-9(13)7-12(8)10(14)15-11(2,3)4/h1,8-9,13H,6-7H2,2-4H3/t8-,9+/m0/s1. The van der Waals surface area contributed by atoms with Crippen molar-refractivity contribution >= 4 is 6.09 Å². The molecule has 1 fully saturated rings. The van der Waals surface area contributed by atoms with Gasteiger partial charge in [0.05, 0.1) is 18.7 Å². The number of amides is 1. The predicted octanol–water partition coefficient (Wildman–Crippen LogP) is 0.990. The Labute approximate surface area is 90.2 Å². The van der Waals surface area contributed by atoms with Gasteiger partial charge in [-0.1, -0.05) is 5.92 Å². The summed E-state index contributed by atoms with van der Waals surface area (Å²) in [6, 6.07) is -0.352. The molecule has 1 aliphatic rings. The maximum atomic E-state index is 11.7. The van der Waals surface area contributed by atoms with E-state index in [-0.39, 0.29) is 12.6 Å². The second-order valence-electron chi connectivity index (χ2n) is 4.70. The van der Waals surface area contributed by atoms with Crippen molar-refractivity contribution in [2.75, 3.05) is 6.54 Å². The minimum atomic E-state index is -0.543. The number of aliphatic hydroxyl groups is 1. The van der Waals surface area contributed by atoms with Crippen LogP contribution in [0.25, 0.3) is 0 Å². The van der Waals surface area contributed by atoms with Gasteiger partial charge in [0.15, 0.2) is 0 Å². The highest BCUT2D eigenvalue weighted by Crippen LogP contribution is 2.20. The topological polar surface area (TPSA) is 49.8 Å². The lowest BCUT2D eigenvalue weighted by molar-refractivity contribution is 0.0239. The van der Waals surface area contributed by atoms with Gasteiger partial charge >= 0.3 is 6.09 Å². The second kappa shape index (κ2) is 4.11. The lowest BCUT2D eigenvalue weighted by Crippen LogP contribution is -2.39. The highest BCUT2D eigenvalue weighted by Gasteiger charge is 2.35. The molecule has 0 aromatic heterocycles. The number of β-amino-alcohol motifs (C(OH)–C–C–N with tert-alkyl or cyclic N) is 1. The van der Waals surface area contributed by atoms with E-state index in [4.69, 9.17) is 11.2 Å². The molecule has 1 heterocycles. The Hall–Kier alpha value is -1.21. The lowest BCUT2D eigenvalue weighted by Gasteiger charge is -2.26. The minimum absolute atomic E-state index is 0.254. The largest absolute Gasteiger partial charge is 0.444 e. The van der Waals surface area contributed by atoms with E-state index in [0.29, 0.717) is 6.42 Å². The van der Waals surface area contributed by atoms with Gasteiger partial charge < -0.3 is 9.84 Å². The molecule has 1 N–H and O–H groups in total. The van der Waals surface area contributed by atoms with Crippen molar-refractivity contribution in [2.24, 2.45) is 0 Å². The Kier molecular flexibility index (Phi) is 3.25. The number of ether oxygens (including phenoxy) is 1. The molecule has 0 unspecified atom stereocenters. The van der Waals surface area contributed by atoms with Crippen LogP contribution in [0.1, 0.15) is 27.2 Å². The van der Waals surface area contributed by atoms with Crippen LogP contribution in [0, 0.1) is 12.3 Å². The molecule has 0 radical (unpaired) electrons. The molecule has 1 amide bonds. The molecule has 0 aliphatic carbocycles. The maximum absolute atomic E-state index is 11.7. The van der Waals surface area contributed by atoms with Gasteiger partial charge in [-0.25, -0.2) is 4.79 Å². The van der Waals surface area contributed by atoms with Crippen LogP contribution in [-0.4, -0.2) is 40.4 Å². The van der Waals surface area contributed by atoms with E-state index in [2.05, 4.69) is 5.92 Å². The van der Waals surface area contributed by atoms with E-state index in [0.717, 1.165) is 0 Å². The highest BCUT2D eigenvalue weighted by atomic mass is 16.6. The van der Waals surface area contributed by atoms with Gasteiger partial charge in [-0.2, -0.15) is 0 Å². The van der Waals surface area contributed by atoms with Crippen LogP contribution >= 0.6 is 0 Å². The molecule has 0 saturated carbocycles. The molecule has 0 spiro atoms. The zero-order chi connectivity index (χ0) is 11.6. The minimum Gasteiger partial charge on any atom is -0.444 e. The number of terminal acetylenes is 1. The number of nitrogens with zero attached hydrogens (tertiary/aromatic N) is 1. The van der Waals surface area contributed by atoms with Crippen molar-refractivity contribution in [3.63, 3.8) is 0 Å². The molecule has 0 aromatic rings. The van der Waals surface area contributed by atoms with Gasteiger partial charge in [-0.15, -0.1) is 6.42 Å². The first kappa shape index (κ1) is 11.9. The fourth-order valence-corrected chi connectivity index (χ4v) is 1.49. The lowest BCUT2D eigenvalue weighted by atomic mass is 10.2. The van der Waals surface area contributed by atoms with Gasteiger partial charge in [0, 0.05) is 6.42 Å². The molecule has 0 bridgehead atoms. The summed E-state index contributed by atoms with van der Waals surface area (Å²) in [5.74, 6) is 2.48. The number of hydrogen-bond acceptors (Lipinski definition) is 3. The molecule has 84 valence electrons. The fourth-order valence-electron chi connectivity index (χ4n) is 1.49. The fraction of sp³-hybridized carbons (Fsp3) is 0.727. The molecular weight excluding hydrogens is 194 g/mol. The SMILES string of the molecule is C#C[C@H]1C[C@@H](O)CN1C(=O)OC(C)(C)C. The number of aliphatic hydroxyl groups excluding tert-OH is 1. The zero-order valence-electron chi connectivity index (χ0n) is 9.36. The number of carbonyl (C=O) groups is 1. The van der Waals surface area contributed by atoms with Gasteiger partial charge in [-0.05, 0) is 20.8 Å². The van der Waals surface area contributed by atoms with Gasteiger partial charge in [-0.3, -0.25) is 4.90 Å². The van der Waals surface area contributed by atoms with Crippen LogP contribution in [0.3, 0.4) is 0 Å². The van der Waals surface area contributed by atoms with Crippen LogP contribution < -0.4 is 0 Å². The predicted molar refractivity (Wildman–Crippen MR) is 56.2 cm³/mol. The Bertz CT molecular complexity index is 287. The van der Waals surface area contributed by atoms with E-state index < -0.39 is 17.8 Å². The van der Waals surface area contributed by atoms with Crippen LogP contribution in [0.5, 0.6) is 0 Å². The molecule has 15 heavy (non-hydrogen) atoms. The van der Waals surface area contributed by atoms with Gasteiger partial charge in [0.2, 0.25) is 0 Å². The summed E-state index contributed by atoms with van der Waals surface area (Å²) >= 11 is 0. The zero-order valence-corrected chi connectivity index (χ0v) is 9.36. The smallest absolute Gasteiger partial charge is 0.411 e. The summed E-state index contributed by atoms with van der Waals surface area (Å²) in [7, 11) is 0. The molecule has 4 heteroatoms. The monoisotopic (exact) mass is 211 g/mol. The van der Waals surface area contributed by atoms with E-state index in [1.807, 2.05) is 0 Å². The summed E-state index contributed by atoms with van der Waals surface area (Å²) in [4.78, 5) is 13.1. The Morgan fingerprint density at radius 3 is 2.67 bits per heavy atom. The third-order valence-corrected chi connectivity index (χ3v) is 2.10. The average molecular weight is 211 g/mol. The summed E-state index contributed by atoms with van der Waals surface area (Å²) in [5.41, 5.74) is -0.538. The Morgan fingerprint density at radius 1 is 1.60 bits per heavy atom. The van der Waals surface area contributed by atoms with E-state index in [1.54, 1.807) is 20.8 Å². The maximum Gasteiger partial charge on any atom is 0.411 e. The summed E-state index contributed by atoms with van der Waals surface area (Å²) < 4.78 is 5.18. The van der Waals surface area contributed by atoms with Gasteiger partial charge in [0.25, 0.3) is 0 Å². The summed E-state index contributed by atoms with van der Waals surface area (Å²) in [6.07, 6.45) is 4.70.